The van der Waals surface area contributed by atoms with E-state index >= 15 is 0 Å². The fourth-order valence-corrected chi connectivity index (χ4v) is 1.61. The molecule has 17 heavy (non-hydrogen) atoms. The van der Waals surface area contributed by atoms with Gasteiger partial charge in [-0.1, -0.05) is 12.1 Å². The molecule has 2 aromatic rings. The van der Waals surface area contributed by atoms with Crippen molar-refractivity contribution in [1.29, 1.82) is 0 Å². The third-order valence-corrected chi connectivity index (χ3v) is 2.54. The van der Waals surface area contributed by atoms with Crippen LogP contribution >= 0.6 is 0 Å². The monoisotopic (exact) mass is 235 g/mol. The topological polar surface area (TPSA) is 22.0 Å². The molecule has 0 spiro atoms. The minimum atomic E-state index is -0.860. The maximum Gasteiger partial charge on any atom is 0.163 e. The smallest absolute Gasteiger partial charge is 0.163 e. The van der Waals surface area contributed by atoms with Gasteiger partial charge in [-0.2, -0.15) is 0 Å². The molecule has 0 N–H and O–H groups in total. The van der Waals surface area contributed by atoms with E-state index in [1.54, 1.807) is 23.0 Å². The zero-order chi connectivity index (χ0) is 12.4. The number of carbonyl (C=O) groups excluding carboxylic acids is 1. The number of benzene rings is 1. The number of ketones is 1. The second-order valence-electron chi connectivity index (χ2n) is 3.84. The fraction of sp³-hybridized carbons (Fsp3) is 0.154. The summed E-state index contributed by atoms with van der Waals surface area (Å²) >= 11 is 0. The van der Waals surface area contributed by atoms with E-state index in [-0.39, 0.29) is 17.9 Å². The van der Waals surface area contributed by atoms with Crippen molar-refractivity contribution in [1.82, 2.24) is 4.57 Å². The second-order valence-corrected chi connectivity index (χ2v) is 3.84. The van der Waals surface area contributed by atoms with Gasteiger partial charge in [0.1, 0.15) is 0 Å². The zero-order valence-corrected chi connectivity index (χ0v) is 9.28. The van der Waals surface area contributed by atoms with Crippen LogP contribution < -0.4 is 0 Å². The van der Waals surface area contributed by atoms with E-state index in [0.717, 1.165) is 6.07 Å². The highest BCUT2D eigenvalue weighted by atomic mass is 19.2. The molecule has 0 atom stereocenters. The Kier molecular flexibility index (Phi) is 3.04. The fourth-order valence-electron chi connectivity index (χ4n) is 1.61. The Morgan fingerprint density at radius 1 is 1.29 bits per heavy atom. The number of hydrogen-bond acceptors (Lipinski definition) is 1. The Balaban J connectivity index is 2.25. The van der Waals surface area contributed by atoms with Crippen molar-refractivity contribution < 1.29 is 13.6 Å². The van der Waals surface area contributed by atoms with Crippen LogP contribution in [0.2, 0.25) is 0 Å². The maximum atomic E-state index is 13.4. The molecule has 4 heteroatoms. The van der Waals surface area contributed by atoms with Gasteiger partial charge in [0.2, 0.25) is 0 Å². The minimum absolute atomic E-state index is 0.0523. The highest BCUT2D eigenvalue weighted by Crippen LogP contribution is 2.13. The van der Waals surface area contributed by atoms with Gasteiger partial charge < -0.3 is 4.57 Å². The Labute approximate surface area is 97.5 Å². The molecule has 1 aromatic heterocycles. The molecular formula is C13H11F2NO. The van der Waals surface area contributed by atoms with E-state index in [2.05, 4.69) is 0 Å². The first kappa shape index (κ1) is 11.5. The van der Waals surface area contributed by atoms with Crippen LogP contribution in [0.25, 0.3) is 0 Å². The molecule has 0 saturated heterocycles. The number of rotatable bonds is 3. The van der Waals surface area contributed by atoms with Gasteiger partial charge in [-0.15, -0.1) is 0 Å². The van der Waals surface area contributed by atoms with Crippen LogP contribution in [0, 0.1) is 11.6 Å². The molecule has 0 fully saturated rings. The van der Waals surface area contributed by atoms with Crippen LogP contribution in [-0.2, 0) is 6.54 Å². The minimum Gasteiger partial charge on any atom is -0.349 e. The summed E-state index contributed by atoms with van der Waals surface area (Å²) in [5, 5.41) is 0. The van der Waals surface area contributed by atoms with Gasteiger partial charge in [0.05, 0.1) is 6.54 Å². The van der Waals surface area contributed by atoms with Gasteiger partial charge >= 0.3 is 0 Å². The predicted molar refractivity (Wildman–Crippen MR) is 59.9 cm³/mol. The highest BCUT2D eigenvalue weighted by molar-refractivity contribution is 5.93. The average molecular weight is 235 g/mol. The number of Topliss-reactive ketones (excluding diaryl/α,β-unsaturated/α-hetero) is 1. The molecular weight excluding hydrogens is 224 g/mol. The standard InChI is InChI=1S/C13H11F2NO/c1-9(17)10-5-6-16(7-10)8-11-3-2-4-12(14)13(11)15/h2-7H,8H2,1H3. The molecule has 0 bridgehead atoms. The third-order valence-electron chi connectivity index (χ3n) is 2.54. The van der Waals surface area contributed by atoms with Crippen molar-refractivity contribution in [2.45, 2.75) is 13.5 Å². The second kappa shape index (κ2) is 4.49. The van der Waals surface area contributed by atoms with Gasteiger partial charge in [-0.3, -0.25) is 4.79 Å². The normalized spacial score (nSPS) is 10.5. The summed E-state index contributed by atoms with van der Waals surface area (Å²) in [5.74, 6) is -1.75. The third kappa shape index (κ3) is 2.41. The Morgan fingerprint density at radius 3 is 2.71 bits per heavy atom. The first-order valence-corrected chi connectivity index (χ1v) is 5.17. The molecule has 2 nitrogen and oxygen atoms in total. The van der Waals surface area contributed by atoms with Crippen LogP contribution in [-0.4, -0.2) is 10.4 Å². The first-order chi connectivity index (χ1) is 8.08. The van der Waals surface area contributed by atoms with E-state index in [1.165, 1.54) is 19.1 Å². The molecule has 2 rings (SSSR count). The molecule has 1 heterocycles. The van der Waals surface area contributed by atoms with E-state index in [0.29, 0.717) is 5.56 Å². The van der Waals surface area contributed by atoms with Crippen LogP contribution in [0.15, 0.2) is 36.7 Å². The SMILES string of the molecule is CC(=O)c1ccn(Cc2cccc(F)c2F)c1. The maximum absolute atomic E-state index is 13.4. The molecule has 0 saturated carbocycles. The molecule has 0 amide bonds. The zero-order valence-electron chi connectivity index (χ0n) is 9.28. The Bertz CT molecular complexity index is 560. The summed E-state index contributed by atoms with van der Waals surface area (Å²) in [7, 11) is 0. The van der Waals surface area contributed by atoms with E-state index in [4.69, 9.17) is 0 Å². The van der Waals surface area contributed by atoms with Crippen molar-refractivity contribution in [2.75, 3.05) is 0 Å². The highest BCUT2D eigenvalue weighted by Gasteiger charge is 2.08. The summed E-state index contributed by atoms with van der Waals surface area (Å²) in [6.07, 6.45) is 3.29. The average Bonchev–Trinajstić information content (AvgIpc) is 2.73. The van der Waals surface area contributed by atoms with E-state index in [9.17, 15) is 13.6 Å². The largest absolute Gasteiger partial charge is 0.349 e. The summed E-state index contributed by atoms with van der Waals surface area (Å²) in [4.78, 5) is 11.1. The summed E-state index contributed by atoms with van der Waals surface area (Å²) in [6, 6.07) is 5.71. The van der Waals surface area contributed by atoms with Crippen molar-refractivity contribution in [3.05, 3.63) is 59.4 Å². The number of nitrogens with zero attached hydrogens (tertiary/aromatic N) is 1. The lowest BCUT2D eigenvalue weighted by molar-refractivity contribution is 0.101. The summed E-state index contributed by atoms with van der Waals surface area (Å²) < 4.78 is 28.0. The molecule has 0 aliphatic carbocycles. The van der Waals surface area contributed by atoms with E-state index in [1.807, 2.05) is 0 Å². The van der Waals surface area contributed by atoms with Crippen LogP contribution in [0.1, 0.15) is 22.8 Å². The van der Waals surface area contributed by atoms with Gasteiger partial charge in [0.15, 0.2) is 17.4 Å². The van der Waals surface area contributed by atoms with Gasteiger partial charge in [0, 0.05) is 23.5 Å². The Hall–Kier alpha value is -1.97. The lowest BCUT2D eigenvalue weighted by Crippen LogP contribution is -2.01. The lowest BCUT2D eigenvalue weighted by Gasteiger charge is -2.05. The molecule has 1 aromatic carbocycles. The lowest BCUT2D eigenvalue weighted by atomic mass is 10.2. The Morgan fingerprint density at radius 2 is 2.06 bits per heavy atom. The van der Waals surface area contributed by atoms with Crippen LogP contribution in [0.4, 0.5) is 8.78 Å². The summed E-state index contributed by atoms with van der Waals surface area (Å²) in [5.41, 5.74) is 0.817. The number of halogens is 2. The van der Waals surface area contributed by atoms with Crippen molar-refractivity contribution in [3.63, 3.8) is 0 Å². The van der Waals surface area contributed by atoms with Gasteiger partial charge in [-0.25, -0.2) is 8.78 Å². The van der Waals surface area contributed by atoms with Crippen molar-refractivity contribution in [2.24, 2.45) is 0 Å². The molecule has 0 unspecified atom stereocenters. The first-order valence-electron chi connectivity index (χ1n) is 5.17. The quantitative estimate of drug-likeness (QED) is 0.749. The van der Waals surface area contributed by atoms with Crippen LogP contribution in [0.5, 0.6) is 0 Å². The van der Waals surface area contributed by atoms with Gasteiger partial charge in [-0.05, 0) is 19.1 Å². The number of aromatic nitrogens is 1. The van der Waals surface area contributed by atoms with Gasteiger partial charge in [0.25, 0.3) is 0 Å². The van der Waals surface area contributed by atoms with E-state index < -0.39 is 11.6 Å². The predicted octanol–water partition coefficient (Wildman–Crippen LogP) is 3.02. The number of carbonyl (C=O) groups is 1. The van der Waals surface area contributed by atoms with Crippen molar-refractivity contribution in [3.8, 4) is 0 Å². The molecule has 0 aliphatic rings. The van der Waals surface area contributed by atoms with Crippen LogP contribution in [0.3, 0.4) is 0 Å². The van der Waals surface area contributed by atoms with Crippen molar-refractivity contribution >= 4 is 5.78 Å². The molecule has 0 aliphatic heterocycles. The number of hydrogen-bond donors (Lipinski definition) is 0. The molecule has 0 radical (unpaired) electrons. The summed E-state index contributed by atoms with van der Waals surface area (Å²) in [6.45, 7) is 1.67. The molecule has 88 valence electrons.